The van der Waals surface area contributed by atoms with Crippen molar-refractivity contribution < 1.29 is 19.4 Å². The van der Waals surface area contributed by atoms with E-state index in [-0.39, 0.29) is 17.9 Å². The smallest absolute Gasteiger partial charge is 0.176 e. The predicted molar refractivity (Wildman–Crippen MR) is 100 cm³/mol. The normalized spacial score (nSPS) is 27.6. The Morgan fingerprint density at radius 2 is 1.78 bits per heavy atom. The molecule has 4 nitrogen and oxygen atoms in total. The van der Waals surface area contributed by atoms with Gasteiger partial charge in [-0.25, -0.2) is 4.39 Å². The third kappa shape index (κ3) is 3.89. The van der Waals surface area contributed by atoms with Gasteiger partial charge in [-0.1, -0.05) is 30.3 Å². The van der Waals surface area contributed by atoms with E-state index in [4.69, 9.17) is 0 Å². The SMILES string of the molecule is O=C(CN1CC2CC(O)(Cc3ccccc3)C[C@H]2C1)c1ccc(O)c(F)c1. The van der Waals surface area contributed by atoms with Crippen LogP contribution in [0.15, 0.2) is 48.5 Å². The largest absolute Gasteiger partial charge is 0.505 e. The summed E-state index contributed by atoms with van der Waals surface area (Å²) in [6, 6.07) is 13.8. The van der Waals surface area contributed by atoms with E-state index in [1.54, 1.807) is 0 Å². The van der Waals surface area contributed by atoms with E-state index in [1.165, 1.54) is 12.1 Å². The van der Waals surface area contributed by atoms with Crippen molar-refractivity contribution in [1.82, 2.24) is 4.90 Å². The van der Waals surface area contributed by atoms with Gasteiger partial charge >= 0.3 is 0 Å². The molecule has 2 unspecified atom stereocenters. The van der Waals surface area contributed by atoms with Crippen molar-refractivity contribution in [3.05, 3.63) is 65.5 Å². The van der Waals surface area contributed by atoms with E-state index in [2.05, 4.69) is 4.90 Å². The van der Waals surface area contributed by atoms with Crippen LogP contribution in [0.5, 0.6) is 5.75 Å². The van der Waals surface area contributed by atoms with Gasteiger partial charge in [0.05, 0.1) is 12.1 Å². The highest BCUT2D eigenvalue weighted by Gasteiger charge is 2.48. The third-order valence-corrected chi connectivity index (χ3v) is 5.95. The Kier molecular flexibility index (Phi) is 4.74. The zero-order valence-corrected chi connectivity index (χ0v) is 15.1. The van der Waals surface area contributed by atoms with Gasteiger partial charge in [-0.2, -0.15) is 0 Å². The average molecular weight is 369 g/mol. The van der Waals surface area contributed by atoms with Gasteiger partial charge in [0.25, 0.3) is 0 Å². The lowest BCUT2D eigenvalue weighted by molar-refractivity contribution is 0.0355. The van der Waals surface area contributed by atoms with E-state index in [9.17, 15) is 19.4 Å². The van der Waals surface area contributed by atoms with Crippen molar-refractivity contribution in [1.29, 1.82) is 0 Å². The summed E-state index contributed by atoms with van der Waals surface area (Å²) in [6.45, 7) is 1.82. The predicted octanol–water partition coefficient (Wildman–Crippen LogP) is 3.03. The fraction of sp³-hybridized carbons (Fsp3) is 0.409. The number of halogens is 1. The molecule has 1 saturated heterocycles. The molecule has 5 heteroatoms. The average Bonchev–Trinajstić information content (AvgIpc) is 3.11. The number of carbonyl (C=O) groups excluding carboxylic acids is 1. The number of phenols is 1. The third-order valence-electron chi connectivity index (χ3n) is 5.95. The molecule has 2 aromatic rings. The Labute approximate surface area is 158 Å². The highest BCUT2D eigenvalue weighted by molar-refractivity contribution is 5.97. The van der Waals surface area contributed by atoms with Crippen LogP contribution >= 0.6 is 0 Å². The lowest BCUT2D eigenvalue weighted by Gasteiger charge is -2.26. The molecule has 4 rings (SSSR count). The Hall–Kier alpha value is -2.24. The molecule has 1 aliphatic heterocycles. The van der Waals surface area contributed by atoms with Gasteiger partial charge in [0.1, 0.15) is 0 Å². The van der Waals surface area contributed by atoms with Gasteiger partial charge in [0.15, 0.2) is 17.3 Å². The maximum absolute atomic E-state index is 13.5. The van der Waals surface area contributed by atoms with Crippen LogP contribution in [0.1, 0.15) is 28.8 Å². The van der Waals surface area contributed by atoms with Crippen LogP contribution in [0.4, 0.5) is 4.39 Å². The molecule has 2 aliphatic rings. The zero-order chi connectivity index (χ0) is 19.0. The van der Waals surface area contributed by atoms with E-state index >= 15 is 0 Å². The van der Waals surface area contributed by atoms with Gasteiger partial charge in [-0.05, 0) is 48.4 Å². The van der Waals surface area contributed by atoms with Crippen molar-refractivity contribution >= 4 is 5.78 Å². The topological polar surface area (TPSA) is 60.8 Å². The lowest BCUT2D eigenvalue weighted by atomic mass is 9.91. The van der Waals surface area contributed by atoms with Crippen molar-refractivity contribution in [2.75, 3.05) is 19.6 Å². The van der Waals surface area contributed by atoms with Gasteiger partial charge < -0.3 is 10.2 Å². The van der Waals surface area contributed by atoms with Gasteiger partial charge in [0, 0.05) is 25.1 Å². The highest BCUT2D eigenvalue weighted by atomic mass is 19.1. The molecule has 3 atom stereocenters. The number of likely N-dealkylation sites (tertiary alicyclic amines) is 1. The summed E-state index contributed by atoms with van der Waals surface area (Å²) in [5.41, 5.74) is 0.775. The molecule has 1 saturated carbocycles. The summed E-state index contributed by atoms with van der Waals surface area (Å²) < 4.78 is 13.5. The number of nitrogens with zero attached hydrogens (tertiary/aromatic N) is 1. The van der Waals surface area contributed by atoms with Crippen LogP contribution in [0.3, 0.4) is 0 Å². The first-order chi connectivity index (χ1) is 12.9. The molecule has 0 radical (unpaired) electrons. The van der Waals surface area contributed by atoms with Crippen LogP contribution in [0.25, 0.3) is 0 Å². The number of rotatable bonds is 5. The number of fused-ring (bicyclic) bond motifs is 1. The molecule has 0 spiro atoms. The number of aromatic hydroxyl groups is 1. The quantitative estimate of drug-likeness (QED) is 0.796. The molecule has 27 heavy (non-hydrogen) atoms. The fourth-order valence-corrected chi connectivity index (χ4v) is 4.78. The first-order valence-corrected chi connectivity index (χ1v) is 9.42. The number of carbonyl (C=O) groups is 1. The van der Waals surface area contributed by atoms with Gasteiger partial charge in [-0.3, -0.25) is 9.69 Å². The summed E-state index contributed by atoms with van der Waals surface area (Å²) in [5, 5.41) is 20.3. The maximum atomic E-state index is 13.5. The number of phenolic OH excluding ortho intramolecular Hbond substituents is 1. The van der Waals surface area contributed by atoms with Gasteiger partial charge in [-0.15, -0.1) is 0 Å². The Bertz CT molecular complexity index is 825. The Balaban J connectivity index is 1.34. The number of aliphatic hydroxyl groups is 1. The highest BCUT2D eigenvalue weighted by Crippen LogP contribution is 2.45. The number of ketones is 1. The minimum Gasteiger partial charge on any atom is -0.505 e. The lowest BCUT2D eigenvalue weighted by Crippen LogP contribution is -2.34. The standard InChI is InChI=1S/C22H24FNO3/c23-19-8-16(6-7-20(19)25)21(26)14-24-12-17-10-22(27,11-18(17)13-24)9-15-4-2-1-3-5-15/h1-8,17-18,25,27H,9-14H2/t17-,18?,22?/m0/s1. The van der Waals surface area contributed by atoms with E-state index in [1.807, 2.05) is 30.3 Å². The second kappa shape index (κ2) is 7.06. The molecule has 2 fully saturated rings. The zero-order valence-electron chi connectivity index (χ0n) is 15.1. The molecule has 142 valence electrons. The summed E-state index contributed by atoms with van der Waals surface area (Å²) >= 11 is 0. The van der Waals surface area contributed by atoms with Crippen LogP contribution in [0.2, 0.25) is 0 Å². The van der Waals surface area contributed by atoms with E-state index in [0.717, 1.165) is 37.6 Å². The summed E-state index contributed by atoms with van der Waals surface area (Å²) in [5.74, 6) is -0.579. The maximum Gasteiger partial charge on any atom is 0.176 e. The molecule has 1 heterocycles. The molecule has 0 amide bonds. The van der Waals surface area contributed by atoms with Crippen molar-refractivity contribution in [2.45, 2.75) is 24.9 Å². The van der Waals surface area contributed by atoms with Crippen molar-refractivity contribution in [3.8, 4) is 5.75 Å². The fourth-order valence-electron chi connectivity index (χ4n) is 4.78. The molecular weight excluding hydrogens is 345 g/mol. The van der Waals surface area contributed by atoms with Crippen molar-refractivity contribution in [3.63, 3.8) is 0 Å². The van der Waals surface area contributed by atoms with Gasteiger partial charge in [0.2, 0.25) is 0 Å². The summed E-state index contributed by atoms with van der Waals surface area (Å²) in [4.78, 5) is 14.5. The summed E-state index contributed by atoms with van der Waals surface area (Å²) in [6.07, 6.45) is 2.18. The second-order valence-corrected chi connectivity index (χ2v) is 8.10. The molecule has 2 aromatic carbocycles. The first-order valence-electron chi connectivity index (χ1n) is 9.42. The second-order valence-electron chi connectivity index (χ2n) is 8.10. The Morgan fingerprint density at radius 1 is 1.11 bits per heavy atom. The number of Topliss-reactive ketones (excluding diaryl/α,β-unsaturated/α-hetero) is 1. The van der Waals surface area contributed by atoms with E-state index in [0.29, 0.717) is 18.3 Å². The molecule has 2 N–H and O–H groups in total. The van der Waals surface area contributed by atoms with Crippen LogP contribution in [0, 0.1) is 17.7 Å². The molecule has 0 aromatic heterocycles. The minimum absolute atomic E-state index is 0.145. The number of hydrogen-bond donors (Lipinski definition) is 2. The monoisotopic (exact) mass is 369 g/mol. The van der Waals surface area contributed by atoms with Crippen LogP contribution < -0.4 is 0 Å². The molecule has 0 bridgehead atoms. The van der Waals surface area contributed by atoms with Crippen LogP contribution in [-0.4, -0.2) is 46.1 Å². The van der Waals surface area contributed by atoms with Crippen LogP contribution in [-0.2, 0) is 6.42 Å². The first kappa shape index (κ1) is 18.1. The molecular formula is C22H24FNO3. The molecule has 1 aliphatic carbocycles. The number of benzene rings is 2. The van der Waals surface area contributed by atoms with E-state index < -0.39 is 17.2 Å². The van der Waals surface area contributed by atoms with Crippen molar-refractivity contribution in [2.24, 2.45) is 11.8 Å². The summed E-state index contributed by atoms with van der Waals surface area (Å²) in [7, 11) is 0. The minimum atomic E-state index is -0.773. The number of hydrogen-bond acceptors (Lipinski definition) is 4. The Morgan fingerprint density at radius 3 is 2.41 bits per heavy atom.